The van der Waals surface area contributed by atoms with Crippen LogP contribution in [0.1, 0.15) is 53.4 Å². The zero-order chi connectivity index (χ0) is 25.7. The molecule has 2 aliphatic rings. The molecular weight excluding hydrogens is 472 g/mol. The number of nitrogens with one attached hydrogen (secondary N) is 2. The minimum Gasteiger partial charge on any atom is -0.477 e. The van der Waals surface area contributed by atoms with E-state index in [0.29, 0.717) is 25.9 Å². The van der Waals surface area contributed by atoms with E-state index in [4.69, 9.17) is 0 Å². The highest BCUT2D eigenvalue weighted by molar-refractivity contribution is 6.10. The number of amides is 1. The molecule has 1 saturated carbocycles. The molecule has 11 heteroatoms. The molecule has 1 aliphatic carbocycles. The first-order valence-electron chi connectivity index (χ1n) is 11.7. The quantitative estimate of drug-likeness (QED) is 0.496. The molecule has 0 spiro atoms. The van der Waals surface area contributed by atoms with Gasteiger partial charge in [0.2, 0.25) is 5.43 Å². The fourth-order valence-electron chi connectivity index (χ4n) is 4.91. The minimum absolute atomic E-state index is 0.0712. The Bertz CT molecular complexity index is 1430. The molecule has 1 aliphatic heterocycles. The Hall–Kier alpha value is -3.86. The van der Waals surface area contributed by atoms with Crippen molar-refractivity contribution in [2.75, 3.05) is 23.3 Å². The number of piperazine rings is 1. The fraction of sp³-hybridized carbons (Fsp3) is 0.360. The second-order valence-corrected chi connectivity index (χ2v) is 9.45. The molecule has 2 atom stereocenters. The van der Waals surface area contributed by atoms with Crippen LogP contribution in [0.25, 0.3) is 10.9 Å². The minimum atomic E-state index is -1.52. The standard InChI is InChI=1S/C25H25F2N5O4/c1-12-9-31(10-13(2)29-12)22-18(26)20(30-24(34)14-5-7-28-8-6-14)17-21(19(22)27)32(15-3-4-15)11-16(23(17)33)25(35)36/h5-8,11-13,15,29H,3-4,9-10H2,1-2H3,(H,30,34)(H,35,36). The number of carboxylic acid groups (broad SMARTS) is 1. The van der Waals surface area contributed by atoms with Crippen LogP contribution in [0.5, 0.6) is 0 Å². The van der Waals surface area contributed by atoms with E-state index in [1.807, 2.05) is 13.8 Å². The van der Waals surface area contributed by atoms with Crippen molar-refractivity contribution in [3.63, 3.8) is 0 Å². The molecule has 36 heavy (non-hydrogen) atoms. The van der Waals surface area contributed by atoms with Gasteiger partial charge in [-0.2, -0.15) is 0 Å². The van der Waals surface area contributed by atoms with Crippen molar-refractivity contribution in [3.05, 3.63) is 63.7 Å². The van der Waals surface area contributed by atoms with Crippen molar-refractivity contribution >= 4 is 34.2 Å². The summed E-state index contributed by atoms with van der Waals surface area (Å²) in [6.45, 7) is 4.38. The van der Waals surface area contributed by atoms with Crippen LogP contribution in [0.4, 0.5) is 20.2 Å². The average Bonchev–Trinajstić information content (AvgIpc) is 3.67. The van der Waals surface area contributed by atoms with Crippen molar-refractivity contribution in [1.29, 1.82) is 0 Å². The van der Waals surface area contributed by atoms with Gasteiger partial charge in [0, 0.05) is 55.4 Å². The van der Waals surface area contributed by atoms with Gasteiger partial charge >= 0.3 is 5.97 Å². The number of carbonyl (C=O) groups excluding carboxylic acids is 1. The van der Waals surface area contributed by atoms with Gasteiger partial charge in [-0.25, -0.2) is 13.6 Å². The molecule has 1 saturated heterocycles. The molecule has 2 aromatic heterocycles. The van der Waals surface area contributed by atoms with Crippen LogP contribution in [0.15, 0.2) is 35.5 Å². The highest BCUT2D eigenvalue weighted by Gasteiger charge is 2.35. The maximum Gasteiger partial charge on any atom is 0.341 e. The van der Waals surface area contributed by atoms with Crippen LogP contribution in [0.3, 0.4) is 0 Å². The molecule has 1 aromatic carbocycles. The topological polar surface area (TPSA) is 117 Å². The summed E-state index contributed by atoms with van der Waals surface area (Å²) in [7, 11) is 0. The van der Waals surface area contributed by atoms with E-state index in [0.717, 1.165) is 6.20 Å². The second-order valence-electron chi connectivity index (χ2n) is 9.45. The summed E-state index contributed by atoms with van der Waals surface area (Å²) in [4.78, 5) is 43.6. The first kappa shape index (κ1) is 23.9. The van der Waals surface area contributed by atoms with Gasteiger partial charge in [-0.1, -0.05) is 0 Å². The Morgan fingerprint density at radius 1 is 1.11 bits per heavy atom. The third-order valence-corrected chi connectivity index (χ3v) is 6.55. The summed E-state index contributed by atoms with van der Waals surface area (Å²) in [5.74, 6) is -4.33. The number of halogens is 2. The van der Waals surface area contributed by atoms with Gasteiger partial charge < -0.3 is 25.2 Å². The Labute approximate surface area is 204 Å². The van der Waals surface area contributed by atoms with Crippen molar-refractivity contribution in [3.8, 4) is 0 Å². The number of benzene rings is 1. The molecular formula is C25H25F2N5O4. The van der Waals surface area contributed by atoms with Crippen molar-refractivity contribution in [2.45, 2.75) is 44.8 Å². The van der Waals surface area contributed by atoms with E-state index in [2.05, 4.69) is 15.6 Å². The number of hydrogen-bond acceptors (Lipinski definition) is 6. The highest BCUT2D eigenvalue weighted by atomic mass is 19.1. The van der Waals surface area contributed by atoms with Gasteiger partial charge in [0.15, 0.2) is 11.6 Å². The second kappa shape index (κ2) is 8.98. The summed E-state index contributed by atoms with van der Waals surface area (Å²) >= 11 is 0. The third kappa shape index (κ3) is 4.09. The van der Waals surface area contributed by atoms with E-state index < -0.39 is 45.6 Å². The Morgan fingerprint density at radius 2 is 1.75 bits per heavy atom. The van der Waals surface area contributed by atoms with E-state index in [1.165, 1.54) is 29.1 Å². The zero-order valence-corrected chi connectivity index (χ0v) is 19.7. The van der Waals surface area contributed by atoms with Crippen LogP contribution < -0.4 is 21.0 Å². The lowest BCUT2D eigenvalue weighted by molar-refractivity contribution is 0.0694. The average molecular weight is 498 g/mol. The molecule has 5 rings (SSSR count). The number of aromatic nitrogens is 2. The number of carbonyl (C=O) groups is 2. The van der Waals surface area contributed by atoms with Crippen molar-refractivity contribution in [2.24, 2.45) is 0 Å². The monoisotopic (exact) mass is 497 g/mol. The molecule has 0 bridgehead atoms. The van der Waals surface area contributed by atoms with E-state index in [1.54, 1.807) is 4.90 Å². The largest absolute Gasteiger partial charge is 0.477 e. The van der Waals surface area contributed by atoms with E-state index in [-0.39, 0.29) is 34.9 Å². The molecule has 0 radical (unpaired) electrons. The Morgan fingerprint density at radius 3 is 2.33 bits per heavy atom. The van der Waals surface area contributed by atoms with Gasteiger partial charge in [-0.15, -0.1) is 0 Å². The Balaban J connectivity index is 1.82. The number of rotatable bonds is 5. The summed E-state index contributed by atoms with van der Waals surface area (Å²) in [6, 6.07) is 2.44. The molecule has 3 aromatic rings. The Kier molecular flexibility index (Phi) is 5.95. The highest BCUT2D eigenvalue weighted by Crippen LogP contribution is 2.42. The number of anilines is 2. The lowest BCUT2D eigenvalue weighted by atomic mass is 10.0. The molecule has 3 N–H and O–H groups in total. The lowest BCUT2D eigenvalue weighted by Crippen LogP contribution is -2.54. The molecule has 3 heterocycles. The third-order valence-electron chi connectivity index (χ3n) is 6.55. The van der Waals surface area contributed by atoms with Gasteiger partial charge in [0.1, 0.15) is 11.3 Å². The van der Waals surface area contributed by atoms with Crippen molar-refractivity contribution in [1.82, 2.24) is 14.9 Å². The molecule has 1 amide bonds. The van der Waals surface area contributed by atoms with E-state index >= 15 is 8.78 Å². The predicted molar refractivity (Wildman–Crippen MR) is 130 cm³/mol. The van der Waals surface area contributed by atoms with Crippen LogP contribution in [-0.4, -0.2) is 51.7 Å². The van der Waals surface area contributed by atoms with Crippen LogP contribution in [0.2, 0.25) is 0 Å². The predicted octanol–water partition coefficient (Wildman–Crippen LogP) is 3.15. The number of hydrogen-bond donors (Lipinski definition) is 3. The lowest BCUT2D eigenvalue weighted by Gasteiger charge is -2.38. The fourth-order valence-corrected chi connectivity index (χ4v) is 4.91. The first-order chi connectivity index (χ1) is 17.2. The summed E-state index contributed by atoms with van der Waals surface area (Å²) in [5.41, 5.74) is -2.65. The summed E-state index contributed by atoms with van der Waals surface area (Å²) in [6.07, 6.45) is 5.19. The maximum atomic E-state index is 16.2. The van der Waals surface area contributed by atoms with Gasteiger partial charge in [0.05, 0.1) is 16.6 Å². The van der Waals surface area contributed by atoms with Crippen LogP contribution in [-0.2, 0) is 0 Å². The molecule has 9 nitrogen and oxygen atoms in total. The number of aromatic carboxylic acids is 1. The molecule has 188 valence electrons. The SMILES string of the molecule is CC1CN(c2c(F)c(NC(=O)c3ccncc3)c3c(=O)c(C(=O)O)cn(C4CC4)c3c2F)CC(C)N1. The van der Waals surface area contributed by atoms with Gasteiger partial charge in [-0.3, -0.25) is 14.6 Å². The van der Waals surface area contributed by atoms with Crippen LogP contribution >= 0.6 is 0 Å². The molecule has 2 unspecified atom stereocenters. The number of nitrogens with zero attached hydrogens (tertiary/aromatic N) is 3. The first-order valence-corrected chi connectivity index (χ1v) is 11.7. The number of fused-ring (bicyclic) bond motifs is 1. The van der Waals surface area contributed by atoms with Crippen LogP contribution in [0, 0.1) is 11.6 Å². The summed E-state index contributed by atoms with van der Waals surface area (Å²) < 4.78 is 33.9. The number of carboxylic acids is 1. The normalized spacial score (nSPS) is 19.9. The van der Waals surface area contributed by atoms with Gasteiger partial charge in [0.25, 0.3) is 5.91 Å². The summed E-state index contributed by atoms with van der Waals surface area (Å²) in [5, 5.41) is 14.9. The van der Waals surface area contributed by atoms with Crippen molar-refractivity contribution < 1.29 is 23.5 Å². The smallest absolute Gasteiger partial charge is 0.341 e. The number of pyridine rings is 2. The maximum absolute atomic E-state index is 16.2. The van der Waals surface area contributed by atoms with E-state index in [9.17, 15) is 19.5 Å². The zero-order valence-electron chi connectivity index (χ0n) is 19.7. The molecule has 2 fully saturated rings. The van der Waals surface area contributed by atoms with Gasteiger partial charge in [-0.05, 0) is 38.8 Å².